The zero-order chi connectivity index (χ0) is 13.7. The highest BCUT2D eigenvalue weighted by Crippen LogP contribution is 2.25. The van der Waals surface area contributed by atoms with Gasteiger partial charge in [-0.05, 0) is 17.9 Å². The van der Waals surface area contributed by atoms with Crippen molar-refractivity contribution >= 4 is 23.1 Å². The minimum Gasteiger partial charge on any atom is -0.380 e. The van der Waals surface area contributed by atoms with E-state index in [0.717, 1.165) is 5.75 Å². The molecule has 0 amide bonds. The Bertz CT molecular complexity index is 420. The highest BCUT2D eigenvalue weighted by atomic mass is 32.2. The molecule has 1 N–H and O–H groups in total. The van der Waals surface area contributed by atoms with Gasteiger partial charge in [0.2, 0.25) is 0 Å². The normalized spacial score (nSPS) is 12.2. The van der Waals surface area contributed by atoms with E-state index in [2.05, 4.69) is 5.32 Å². The van der Waals surface area contributed by atoms with E-state index in [4.69, 9.17) is 0 Å². The maximum atomic E-state index is 13.5. The zero-order valence-electron chi connectivity index (χ0n) is 10.1. The third kappa shape index (κ3) is 3.83. The fourth-order valence-electron chi connectivity index (χ4n) is 1.45. The Morgan fingerprint density at radius 3 is 2.44 bits per heavy atom. The summed E-state index contributed by atoms with van der Waals surface area (Å²) >= 11 is 1.64. The second-order valence-electron chi connectivity index (χ2n) is 3.98. The number of halogens is 2. The number of benzene rings is 1. The highest BCUT2D eigenvalue weighted by Gasteiger charge is 2.17. The first-order chi connectivity index (χ1) is 8.45. The molecule has 0 aromatic heterocycles. The molecule has 0 aliphatic rings. The molecule has 0 saturated carbocycles. The van der Waals surface area contributed by atoms with Crippen LogP contribution in [0.15, 0.2) is 12.1 Å². The first-order valence-electron chi connectivity index (χ1n) is 5.32. The van der Waals surface area contributed by atoms with E-state index >= 15 is 0 Å². The standard InChI is InChI=1S/C11H14F2N2O2S/c1-7(6-18-2)5-14-11-9(12)3-8(15(16)17)4-10(11)13/h3-4,7,14H,5-6H2,1-2H3. The molecule has 18 heavy (non-hydrogen) atoms. The summed E-state index contributed by atoms with van der Waals surface area (Å²) in [6.07, 6.45) is 1.95. The third-order valence-electron chi connectivity index (χ3n) is 2.32. The Balaban J connectivity index is 2.81. The summed E-state index contributed by atoms with van der Waals surface area (Å²) in [7, 11) is 0. The lowest BCUT2D eigenvalue weighted by Gasteiger charge is -2.13. The van der Waals surface area contributed by atoms with Gasteiger partial charge in [-0.3, -0.25) is 10.1 Å². The highest BCUT2D eigenvalue weighted by molar-refractivity contribution is 7.98. The molecule has 0 bridgehead atoms. The SMILES string of the molecule is CSCC(C)CNc1c(F)cc([N+](=O)[O-])cc1F. The second kappa shape index (κ2) is 6.53. The number of anilines is 1. The Morgan fingerprint density at radius 2 is 2.00 bits per heavy atom. The summed E-state index contributed by atoms with van der Waals surface area (Å²) in [4.78, 5) is 9.59. The number of nitro groups is 1. The number of nitrogens with one attached hydrogen (secondary N) is 1. The van der Waals surface area contributed by atoms with E-state index in [-0.39, 0.29) is 11.6 Å². The molecule has 1 aromatic rings. The van der Waals surface area contributed by atoms with Gasteiger partial charge in [0.15, 0.2) is 11.6 Å². The van der Waals surface area contributed by atoms with Crippen LogP contribution >= 0.6 is 11.8 Å². The maximum absolute atomic E-state index is 13.5. The maximum Gasteiger partial charge on any atom is 0.275 e. The van der Waals surface area contributed by atoms with Crippen LogP contribution in [0, 0.1) is 27.7 Å². The Hall–Kier alpha value is -1.37. The van der Waals surface area contributed by atoms with Crippen molar-refractivity contribution in [3.8, 4) is 0 Å². The summed E-state index contributed by atoms with van der Waals surface area (Å²) in [5, 5.41) is 13.1. The fraction of sp³-hybridized carbons (Fsp3) is 0.455. The summed E-state index contributed by atoms with van der Waals surface area (Å²) in [5.74, 6) is -0.784. The number of hydrogen-bond acceptors (Lipinski definition) is 4. The van der Waals surface area contributed by atoms with E-state index in [1.54, 1.807) is 11.8 Å². The number of thioether (sulfide) groups is 1. The average molecular weight is 276 g/mol. The number of non-ortho nitro benzene ring substituents is 1. The van der Waals surface area contributed by atoms with Crippen molar-refractivity contribution in [3.05, 3.63) is 33.9 Å². The van der Waals surface area contributed by atoms with Gasteiger partial charge in [0.1, 0.15) is 5.69 Å². The summed E-state index contributed by atoms with van der Waals surface area (Å²) in [6.45, 7) is 2.36. The van der Waals surface area contributed by atoms with Crippen LogP contribution in [-0.2, 0) is 0 Å². The largest absolute Gasteiger partial charge is 0.380 e. The summed E-state index contributed by atoms with van der Waals surface area (Å²) < 4.78 is 27.0. The van der Waals surface area contributed by atoms with Gasteiger partial charge in [0.05, 0.1) is 17.1 Å². The van der Waals surface area contributed by atoms with E-state index in [1.165, 1.54) is 0 Å². The van der Waals surface area contributed by atoms with E-state index in [0.29, 0.717) is 18.7 Å². The van der Waals surface area contributed by atoms with Crippen LogP contribution in [0.2, 0.25) is 0 Å². The van der Waals surface area contributed by atoms with Crippen LogP contribution in [0.3, 0.4) is 0 Å². The van der Waals surface area contributed by atoms with Crippen molar-refractivity contribution in [1.82, 2.24) is 0 Å². The molecule has 0 aliphatic carbocycles. The van der Waals surface area contributed by atoms with Gasteiger partial charge in [-0.2, -0.15) is 11.8 Å². The van der Waals surface area contributed by atoms with Gasteiger partial charge < -0.3 is 5.32 Å². The molecule has 0 saturated heterocycles. The number of nitrogens with zero attached hydrogens (tertiary/aromatic N) is 1. The lowest BCUT2D eigenvalue weighted by atomic mass is 10.2. The van der Waals surface area contributed by atoms with Crippen LogP contribution in [0.4, 0.5) is 20.2 Å². The Kier molecular flexibility index (Phi) is 5.33. The Labute approximate surface area is 108 Å². The molecule has 1 aromatic carbocycles. The predicted molar refractivity (Wildman–Crippen MR) is 69.0 cm³/mol. The molecule has 0 fully saturated rings. The minimum atomic E-state index is -0.946. The predicted octanol–water partition coefficient (Wildman–Crippen LogP) is 3.28. The first-order valence-corrected chi connectivity index (χ1v) is 6.71. The zero-order valence-corrected chi connectivity index (χ0v) is 10.9. The summed E-state index contributed by atoms with van der Waals surface area (Å²) in [5.41, 5.74) is -0.902. The lowest BCUT2D eigenvalue weighted by molar-refractivity contribution is -0.385. The molecule has 0 heterocycles. The molecule has 4 nitrogen and oxygen atoms in total. The number of nitro benzene ring substituents is 1. The van der Waals surface area contributed by atoms with Crippen molar-refractivity contribution in [2.75, 3.05) is 23.9 Å². The van der Waals surface area contributed by atoms with Gasteiger partial charge in [-0.15, -0.1) is 0 Å². The van der Waals surface area contributed by atoms with Crippen LogP contribution < -0.4 is 5.32 Å². The molecule has 1 atom stereocenters. The van der Waals surface area contributed by atoms with Gasteiger partial charge in [-0.1, -0.05) is 6.92 Å². The topological polar surface area (TPSA) is 55.2 Å². The van der Waals surface area contributed by atoms with Crippen LogP contribution in [0.1, 0.15) is 6.92 Å². The van der Waals surface area contributed by atoms with Gasteiger partial charge >= 0.3 is 0 Å². The van der Waals surface area contributed by atoms with Gasteiger partial charge in [-0.25, -0.2) is 8.78 Å². The van der Waals surface area contributed by atoms with Crippen molar-refractivity contribution < 1.29 is 13.7 Å². The van der Waals surface area contributed by atoms with Crippen molar-refractivity contribution in [3.63, 3.8) is 0 Å². The average Bonchev–Trinajstić information content (AvgIpc) is 2.27. The second-order valence-corrected chi connectivity index (χ2v) is 4.89. The molecule has 7 heteroatoms. The van der Waals surface area contributed by atoms with Gasteiger partial charge in [0, 0.05) is 6.54 Å². The van der Waals surface area contributed by atoms with E-state index in [1.807, 2.05) is 13.2 Å². The molecule has 0 spiro atoms. The minimum absolute atomic E-state index is 0.244. The molecular formula is C11H14F2N2O2S. The van der Waals surface area contributed by atoms with Crippen LogP contribution in [0.25, 0.3) is 0 Å². The van der Waals surface area contributed by atoms with Crippen LogP contribution in [-0.4, -0.2) is 23.5 Å². The quantitative estimate of drug-likeness (QED) is 0.640. The van der Waals surface area contributed by atoms with Crippen molar-refractivity contribution in [1.29, 1.82) is 0 Å². The summed E-state index contributed by atoms with van der Waals surface area (Å²) in [6, 6.07) is 1.43. The Morgan fingerprint density at radius 1 is 1.44 bits per heavy atom. The smallest absolute Gasteiger partial charge is 0.275 e. The third-order valence-corrected chi connectivity index (χ3v) is 3.22. The lowest BCUT2D eigenvalue weighted by Crippen LogP contribution is -2.15. The van der Waals surface area contributed by atoms with Crippen LogP contribution in [0.5, 0.6) is 0 Å². The molecule has 0 radical (unpaired) electrons. The molecule has 1 rings (SSSR count). The van der Waals surface area contributed by atoms with Crippen molar-refractivity contribution in [2.45, 2.75) is 6.92 Å². The number of rotatable bonds is 6. The first kappa shape index (κ1) is 14.7. The molecule has 0 aliphatic heterocycles. The number of hydrogen-bond donors (Lipinski definition) is 1. The van der Waals surface area contributed by atoms with E-state index < -0.39 is 22.2 Å². The van der Waals surface area contributed by atoms with Gasteiger partial charge in [0.25, 0.3) is 5.69 Å². The molecular weight excluding hydrogens is 262 g/mol. The fourth-order valence-corrected chi connectivity index (χ4v) is 2.14. The van der Waals surface area contributed by atoms with Crippen molar-refractivity contribution in [2.24, 2.45) is 5.92 Å². The monoisotopic (exact) mass is 276 g/mol. The molecule has 1 unspecified atom stereocenters. The van der Waals surface area contributed by atoms with E-state index in [9.17, 15) is 18.9 Å². The molecule has 100 valence electrons.